The fourth-order valence-corrected chi connectivity index (χ4v) is 9.92. The van der Waals surface area contributed by atoms with E-state index in [2.05, 4.69) is 70.1 Å². The molecule has 1 aromatic rings. The zero-order valence-corrected chi connectivity index (χ0v) is 24.1. The van der Waals surface area contributed by atoms with Gasteiger partial charge in [0.15, 0.2) is 0 Å². The Bertz CT molecular complexity index is 1130. The van der Waals surface area contributed by atoms with Gasteiger partial charge in [0.2, 0.25) is 0 Å². The van der Waals surface area contributed by atoms with Crippen molar-refractivity contribution in [2.75, 3.05) is 19.0 Å². The molecule has 0 saturated heterocycles. The molecule has 206 valence electrons. The summed E-state index contributed by atoms with van der Waals surface area (Å²) in [6.07, 6.45) is 14.2. The number of hydrogen-bond donors (Lipinski definition) is 1. The number of fused-ring (bicyclic) bond motifs is 5. The van der Waals surface area contributed by atoms with Crippen molar-refractivity contribution in [2.45, 2.75) is 90.8 Å². The van der Waals surface area contributed by atoms with Gasteiger partial charge in [0.05, 0.1) is 6.10 Å². The predicted octanol–water partition coefficient (Wildman–Crippen LogP) is 7.03. The second-order valence-electron chi connectivity index (χ2n) is 14.0. The molecule has 9 atom stereocenters. The van der Waals surface area contributed by atoms with E-state index in [9.17, 15) is 9.90 Å². The minimum atomic E-state index is -0.180. The number of benzene rings is 1. The Balaban J connectivity index is 1.20. The monoisotopic (exact) mass is 517 g/mol. The van der Waals surface area contributed by atoms with Gasteiger partial charge in [-0.1, -0.05) is 44.6 Å². The van der Waals surface area contributed by atoms with E-state index in [0.717, 1.165) is 54.6 Å². The van der Waals surface area contributed by atoms with Gasteiger partial charge in [-0.3, -0.25) is 0 Å². The van der Waals surface area contributed by atoms with Crippen molar-refractivity contribution in [1.29, 1.82) is 0 Å². The molecule has 3 fully saturated rings. The summed E-state index contributed by atoms with van der Waals surface area (Å²) < 4.78 is 6.05. The molecule has 0 bridgehead atoms. The number of nitrogens with zero attached hydrogens (tertiary/aromatic N) is 1. The number of esters is 1. The molecule has 4 heteroatoms. The van der Waals surface area contributed by atoms with Crippen LogP contribution < -0.4 is 4.90 Å². The average Bonchev–Trinajstić information content (AvgIpc) is 3.25. The van der Waals surface area contributed by atoms with Crippen LogP contribution in [-0.4, -0.2) is 37.4 Å². The van der Waals surface area contributed by atoms with Gasteiger partial charge in [-0.05, 0) is 115 Å². The van der Waals surface area contributed by atoms with Crippen LogP contribution in [0, 0.1) is 40.4 Å². The Kier molecular flexibility index (Phi) is 6.57. The zero-order valence-electron chi connectivity index (χ0n) is 24.1. The second-order valence-corrected chi connectivity index (χ2v) is 14.0. The third-order valence-electron chi connectivity index (χ3n) is 12.1. The van der Waals surface area contributed by atoms with E-state index in [1.165, 1.54) is 37.8 Å². The highest BCUT2D eigenvalue weighted by molar-refractivity contribution is 5.93. The van der Waals surface area contributed by atoms with Crippen LogP contribution in [0.2, 0.25) is 0 Å². The highest BCUT2D eigenvalue weighted by atomic mass is 16.5. The molecular weight excluding hydrogens is 470 g/mol. The third kappa shape index (κ3) is 4.17. The summed E-state index contributed by atoms with van der Waals surface area (Å²) in [4.78, 5) is 14.9. The molecule has 1 N–H and O–H groups in total. The fraction of sp³-hybridized carbons (Fsp3) is 0.676. The molecule has 1 heterocycles. The topological polar surface area (TPSA) is 49.8 Å². The maximum absolute atomic E-state index is 12.8. The van der Waals surface area contributed by atoms with Crippen molar-refractivity contribution in [1.82, 2.24) is 0 Å². The maximum atomic E-state index is 12.8. The number of cyclic esters (lactones) is 1. The summed E-state index contributed by atoms with van der Waals surface area (Å²) in [5.41, 5.74) is 5.57. The molecule has 0 spiro atoms. The Morgan fingerprint density at radius 2 is 1.76 bits per heavy atom. The highest BCUT2D eigenvalue weighted by Gasteiger charge is 2.59. The van der Waals surface area contributed by atoms with Gasteiger partial charge < -0.3 is 14.7 Å². The van der Waals surface area contributed by atoms with Gasteiger partial charge >= 0.3 is 5.97 Å². The first kappa shape index (κ1) is 26.2. The number of aliphatic hydroxyl groups excluding tert-OH is 1. The van der Waals surface area contributed by atoms with Gasteiger partial charge in [0.25, 0.3) is 0 Å². The number of rotatable bonds is 4. The Hall–Kier alpha value is -2.07. The predicted molar refractivity (Wildman–Crippen MR) is 154 cm³/mol. The van der Waals surface area contributed by atoms with E-state index >= 15 is 0 Å². The van der Waals surface area contributed by atoms with Crippen LogP contribution >= 0.6 is 0 Å². The van der Waals surface area contributed by atoms with Gasteiger partial charge in [-0.25, -0.2) is 4.79 Å². The first-order valence-corrected chi connectivity index (χ1v) is 15.2. The maximum Gasteiger partial charge on any atom is 0.331 e. The minimum absolute atomic E-state index is 0.0514. The SMILES string of the molecule is C[C@@H]([C@H]1CC[C@H]2[C@@H]3CC=C4C[C@@H](O)CC[C@]4(C)[C@H]3CC[C@]12C)[C@H]1CC(c2ccc(N(C)C)cc2)=CC(=O)O1. The molecule has 1 aromatic carbocycles. The third-order valence-corrected chi connectivity index (χ3v) is 12.1. The molecule has 0 radical (unpaired) electrons. The largest absolute Gasteiger partial charge is 0.459 e. The molecule has 0 unspecified atom stereocenters. The van der Waals surface area contributed by atoms with E-state index in [4.69, 9.17) is 4.74 Å². The van der Waals surface area contributed by atoms with Crippen LogP contribution in [0.15, 0.2) is 42.0 Å². The summed E-state index contributed by atoms with van der Waals surface area (Å²) >= 11 is 0. The van der Waals surface area contributed by atoms with Crippen LogP contribution in [0.3, 0.4) is 0 Å². The van der Waals surface area contributed by atoms with E-state index in [0.29, 0.717) is 17.3 Å². The number of ether oxygens (including phenoxy) is 1. The zero-order chi connectivity index (χ0) is 26.8. The quantitative estimate of drug-likeness (QED) is 0.344. The van der Waals surface area contributed by atoms with Crippen molar-refractivity contribution >= 4 is 17.2 Å². The summed E-state index contributed by atoms with van der Waals surface area (Å²) in [5, 5.41) is 10.3. The van der Waals surface area contributed by atoms with E-state index in [-0.39, 0.29) is 23.6 Å². The second kappa shape index (κ2) is 9.54. The van der Waals surface area contributed by atoms with Gasteiger partial charge in [0, 0.05) is 32.3 Å². The van der Waals surface area contributed by atoms with Crippen molar-refractivity contribution in [3.05, 3.63) is 47.6 Å². The van der Waals surface area contributed by atoms with E-state index < -0.39 is 0 Å². The molecule has 0 aromatic heterocycles. The lowest BCUT2D eigenvalue weighted by Gasteiger charge is -2.58. The van der Waals surface area contributed by atoms with Crippen LogP contribution in [0.1, 0.15) is 84.1 Å². The van der Waals surface area contributed by atoms with Crippen molar-refractivity contribution in [2.24, 2.45) is 40.4 Å². The molecule has 4 aliphatic carbocycles. The van der Waals surface area contributed by atoms with Crippen LogP contribution in [-0.2, 0) is 9.53 Å². The van der Waals surface area contributed by atoms with Crippen LogP contribution in [0.25, 0.3) is 5.57 Å². The highest BCUT2D eigenvalue weighted by Crippen LogP contribution is 2.67. The van der Waals surface area contributed by atoms with Crippen molar-refractivity contribution in [3.8, 4) is 0 Å². The first-order chi connectivity index (χ1) is 18.1. The fourth-order valence-electron chi connectivity index (χ4n) is 9.92. The molecule has 38 heavy (non-hydrogen) atoms. The molecule has 3 saturated carbocycles. The molecule has 0 amide bonds. The number of carbonyl (C=O) groups excluding carboxylic acids is 1. The van der Waals surface area contributed by atoms with Crippen molar-refractivity contribution in [3.63, 3.8) is 0 Å². The normalized spacial score (nSPS) is 41.2. The molecule has 4 nitrogen and oxygen atoms in total. The summed E-state index contributed by atoms with van der Waals surface area (Å²) in [6.45, 7) is 7.46. The Labute approximate surface area is 229 Å². The van der Waals surface area contributed by atoms with Gasteiger partial charge in [0.1, 0.15) is 6.10 Å². The average molecular weight is 518 g/mol. The smallest absolute Gasteiger partial charge is 0.331 e. The lowest BCUT2D eigenvalue weighted by molar-refractivity contribution is -0.149. The number of anilines is 1. The number of allylic oxidation sites excluding steroid dienone is 1. The first-order valence-electron chi connectivity index (χ1n) is 15.2. The molecule has 5 aliphatic rings. The van der Waals surface area contributed by atoms with E-state index in [1.807, 2.05) is 0 Å². The Morgan fingerprint density at radius 3 is 2.50 bits per heavy atom. The van der Waals surface area contributed by atoms with Gasteiger partial charge in [-0.2, -0.15) is 0 Å². The van der Waals surface area contributed by atoms with Crippen LogP contribution in [0.5, 0.6) is 0 Å². The standard InChI is InChI=1S/C34H47NO3/c1-21(31-18-23(19-32(37)38-31)22-6-9-25(10-7-22)35(4)5)28-12-13-29-27-11-8-24-20-26(36)14-16-33(24,2)30(27)15-17-34(28,29)3/h6-10,19,21,26-31,36H,11-18,20H2,1-5H3/t21-,26-,27-,28+,29-,30-,31+,33-,34+/m0/s1. The minimum Gasteiger partial charge on any atom is -0.459 e. The summed E-state index contributed by atoms with van der Waals surface area (Å²) in [6, 6.07) is 8.55. The number of aliphatic hydroxyl groups is 1. The molecular formula is C34H47NO3. The van der Waals surface area contributed by atoms with Crippen LogP contribution in [0.4, 0.5) is 5.69 Å². The molecule has 6 rings (SSSR count). The summed E-state index contributed by atoms with van der Waals surface area (Å²) in [7, 11) is 4.10. The number of carbonyl (C=O) groups is 1. The lowest BCUT2D eigenvalue weighted by Crippen LogP contribution is -2.51. The van der Waals surface area contributed by atoms with Crippen molar-refractivity contribution < 1.29 is 14.6 Å². The number of hydrogen-bond acceptors (Lipinski definition) is 4. The van der Waals surface area contributed by atoms with E-state index in [1.54, 1.807) is 11.6 Å². The summed E-state index contributed by atoms with van der Waals surface area (Å²) in [5.74, 6) is 3.03. The van der Waals surface area contributed by atoms with Gasteiger partial charge in [-0.15, -0.1) is 0 Å². The lowest BCUT2D eigenvalue weighted by atomic mass is 9.47. The molecule has 1 aliphatic heterocycles. The Morgan fingerprint density at radius 1 is 1.00 bits per heavy atom.